The van der Waals surface area contributed by atoms with Gasteiger partial charge in [0.1, 0.15) is 0 Å². The molecule has 0 fully saturated rings. The highest BCUT2D eigenvalue weighted by molar-refractivity contribution is 5.47. The lowest BCUT2D eigenvalue weighted by Crippen LogP contribution is -2.38. The van der Waals surface area contributed by atoms with Gasteiger partial charge in [0.25, 0.3) is 0 Å². The average molecular weight is 274 g/mol. The van der Waals surface area contributed by atoms with Crippen LogP contribution in [0.25, 0.3) is 0 Å². The van der Waals surface area contributed by atoms with Gasteiger partial charge in [0.15, 0.2) is 0 Å². The van der Waals surface area contributed by atoms with Crippen LogP contribution in [0.2, 0.25) is 0 Å². The number of nitrogens with two attached hydrogens (primary N) is 1. The fourth-order valence-electron chi connectivity index (χ4n) is 2.70. The normalized spacial score (nSPS) is 18.9. The van der Waals surface area contributed by atoms with Crippen molar-refractivity contribution < 1.29 is 18.3 Å². The number of aryl methyl sites for hydroxylation is 1. The number of rotatable bonds is 4. The lowest BCUT2D eigenvalue weighted by molar-refractivity contribution is -0.152. The molecule has 0 heterocycles. The predicted molar refractivity (Wildman–Crippen MR) is 66.6 cm³/mol. The molecule has 3 nitrogen and oxygen atoms in total. The Kier molecular flexibility index (Phi) is 4.01. The first-order valence-corrected chi connectivity index (χ1v) is 6.20. The molecule has 106 valence electrons. The first-order chi connectivity index (χ1) is 8.90. The maximum absolute atomic E-state index is 12.6. The molecule has 1 atom stereocenters. The van der Waals surface area contributed by atoms with Crippen LogP contribution in [0, 0.1) is 0 Å². The first-order valence-electron chi connectivity index (χ1n) is 6.20. The third-order valence-electron chi connectivity index (χ3n) is 3.42. The Bertz CT molecular complexity index is 448. The number of alkyl halides is 3. The molecular weight excluding hydrogens is 257 g/mol. The maximum atomic E-state index is 12.6. The molecule has 6 heteroatoms. The van der Waals surface area contributed by atoms with Crippen molar-refractivity contribution in [3.05, 3.63) is 29.3 Å². The van der Waals surface area contributed by atoms with Crippen molar-refractivity contribution >= 4 is 5.69 Å². The van der Waals surface area contributed by atoms with Crippen LogP contribution in [0.5, 0.6) is 0 Å². The topological polar surface area (TPSA) is 49.5 Å². The summed E-state index contributed by atoms with van der Waals surface area (Å²) < 4.78 is 37.7. The minimum Gasteiger partial charge on any atom is -0.399 e. The molecule has 0 aromatic heterocycles. The highest BCUT2D eigenvalue weighted by Gasteiger charge is 2.36. The van der Waals surface area contributed by atoms with Gasteiger partial charge in [-0.05, 0) is 36.1 Å². The van der Waals surface area contributed by atoms with Crippen LogP contribution in [-0.4, -0.2) is 35.9 Å². The maximum Gasteiger partial charge on any atom is 0.401 e. The number of nitrogen functional groups attached to an aromatic ring is 1. The molecule has 3 N–H and O–H groups in total. The lowest BCUT2D eigenvalue weighted by Gasteiger charge is -2.29. The summed E-state index contributed by atoms with van der Waals surface area (Å²) in [4.78, 5) is 1.29. The predicted octanol–water partition coefficient (Wildman–Crippen LogP) is 2.11. The van der Waals surface area contributed by atoms with Crippen molar-refractivity contribution in [1.29, 1.82) is 0 Å². The van der Waals surface area contributed by atoms with Gasteiger partial charge in [0.2, 0.25) is 0 Å². The quantitative estimate of drug-likeness (QED) is 0.827. The molecule has 1 unspecified atom stereocenters. The van der Waals surface area contributed by atoms with E-state index in [2.05, 4.69) is 0 Å². The number of hydrogen-bond donors (Lipinski definition) is 2. The van der Waals surface area contributed by atoms with Gasteiger partial charge in [0, 0.05) is 18.3 Å². The Balaban J connectivity index is 2.21. The van der Waals surface area contributed by atoms with E-state index < -0.39 is 12.7 Å². The zero-order valence-electron chi connectivity index (χ0n) is 10.5. The van der Waals surface area contributed by atoms with Crippen LogP contribution in [0.15, 0.2) is 18.2 Å². The van der Waals surface area contributed by atoms with E-state index >= 15 is 0 Å². The zero-order valence-corrected chi connectivity index (χ0v) is 10.5. The highest BCUT2D eigenvalue weighted by Crippen LogP contribution is 2.37. The van der Waals surface area contributed by atoms with Gasteiger partial charge in [-0.25, -0.2) is 0 Å². The van der Waals surface area contributed by atoms with E-state index in [1.807, 2.05) is 6.07 Å². The van der Waals surface area contributed by atoms with Gasteiger partial charge in [-0.2, -0.15) is 13.2 Å². The van der Waals surface area contributed by atoms with Crippen molar-refractivity contribution in [1.82, 2.24) is 4.90 Å². The van der Waals surface area contributed by atoms with Gasteiger partial charge in [0.05, 0.1) is 13.2 Å². The summed E-state index contributed by atoms with van der Waals surface area (Å²) in [6.07, 6.45) is -2.90. The van der Waals surface area contributed by atoms with Crippen LogP contribution >= 0.6 is 0 Å². The molecule has 0 aliphatic heterocycles. The van der Waals surface area contributed by atoms with Crippen molar-refractivity contribution in [3.8, 4) is 0 Å². The van der Waals surface area contributed by atoms with Gasteiger partial charge in [-0.15, -0.1) is 0 Å². The smallest absolute Gasteiger partial charge is 0.399 e. The molecule has 0 radical (unpaired) electrons. The van der Waals surface area contributed by atoms with Crippen molar-refractivity contribution in [2.45, 2.75) is 25.1 Å². The van der Waals surface area contributed by atoms with Crippen LogP contribution in [0.1, 0.15) is 23.6 Å². The summed E-state index contributed by atoms with van der Waals surface area (Å²) in [7, 11) is 0. The molecule has 0 amide bonds. The van der Waals surface area contributed by atoms with Gasteiger partial charge in [-0.1, -0.05) is 6.07 Å². The van der Waals surface area contributed by atoms with E-state index in [-0.39, 0.29) is 19.2 Å². The lowest BCUT2D eigenvalue weighted by atomic mass is 10.1. The summed E-state index contributed by atoms with van der Waals surface area (Å²) in [5, 5.41) is 8.96. The van der Waals surface area contributed by atoms with E-state index in [9.17, 15) is 13.2 Å². The van der Waals surface area contributed by atoms with Crippen molar-refractivity contribution in [2.75, 3.05) is 25.4 Å². The summed E-state index contributed by atoms with van der Waals surface area (Å²) in [5.74, 6) is 0. The van der Waals surface area contributed by atoms with Gasteiger partial charge >= 0.3 is 6.18 Å². The minimum absolute atomic E-state index is 0.0218. The minimum atomic E-state index is -4.26. The standard InChI is InChI=1S/C13H17F3N2O/c14-13(15,16)8-18(5-6-19)12-4-1-9-7-10(17)2-3-11(9)12/h2-3,7,12,19H,1,4-6,8,17H2. The van der Waals surface area contributed by atoms with E-state index in [4.69, 9.17) is 10.8 Å². The Hall–Kier alpha value is -1.27. The molecule has 1 aliphatic rings. The molecule has 19 heavy (non-hydrogen) atoms. The van der Waals surface area contributed by atoms with Crippen LogP contribution in [-0.2, 0) is 6.42 Å². The van der Waals surface area contributed by atoms with E-state index in [1.165, 1.54) is 4.90 Å². The SMILES string of the molecule is Nc1ccc2c(c1)CCC2N(CCO)CC(F)(F)F. The molecule has 1 aliphatic carbocycles. The van der Waals surface area contributed by atoms with Crippen LogP contribution in [0.3, 0.4) is 0 Å². The van der Waals surface area contributed by atoms with Crippen LogP contribution < -0.4 is 5.73 Å². The number of aliphatic hydroxyl groups is 1. The summed E-state index contributed by atoms with van der Waals surface area (Å²) >= 11 is 0. The number of benzene rings is 1. The molecule has 2 rings (SSSR count). The molecule has 0 bridgehead atoms. The van der Waals surface area contributed by atoms with E-state index in [0.29, 0.717) is 12.1 Å². The second-order valence-electron chi connectivity index (χ2n) is 4.82. The monoisotopic (exact) mass is 274 g/mol. The molecule has 0 saturated carbocycles. The Labute approximate surface area is 109 Å². The summed E-state index contributed by atoms with van der Waals surface area (Å²) in [6, 6.07) is 5.04. The highest BCUT2D eigenvalue weighted by atomic mass is 19.4. The van der Waals surface area contributed by atoms with Gasteiger partial charge in [-0.3, -0.25) is 4.90 Å². The number of nitrogens with zero attached hydrogens (tertiary/aromatic N) is 1. The van der Waals surface area contributed by atoms with Crippen LogP contribution in [0.4, 0.5) is 18.9 Å². The van der Waals surface area contributed by atoms with E-state index in [1.54, 1.807) is 12.1 Å². The molecule has 1 aromatic carbocycles. The van der Waals surface area contributed by atoms with Crippen molar-refractivity contribution in [3.63, 3.8) is 0 Å². The fraction of sp³-hybridized carbons (Fsp3) is 0.538. The second-order valence-corrected chi connectivity index (χ2v) is 4.82. The zero-order chi connectivity index (χ0) is 14.0. The Morgan fingerprint density at radius 1 is 1.37 bits per heavy atom. The first kappa shape index (κ1) is 14.1. The Morgan fingerprint density at radius 2 is 2.11 bits per heavy atom. The molecular formula is C13H17F3N2O. The molecule has 1 aromatic rings. The third-order valence-corrected chi connectivity index (χ3v) is 3.42. The number of aliphatic hydroxyl groups excluding tert-OH is 1. The largest absolute Gasteiger partial charge is 0.401 e. The summed E-state index contributed by atoms with van der Waals surface area (Å²) in [5.41, 5.74) is 8.21. The van der Waals surface area contributed by atoms with E-state index in [0.717, 1.165) is 17.5 Å². The number of fused-ring (bicyclic) bond motifs is 1. The van der Waals surface area contributed by atoms with Crippen molar-refractivity contribution in [2.24, 2.45) is 0 Å². The summed E-state index contributed by atoms with van der Waals surface area (Å²) in [6.45, 7) is -1.26. The Morgan fingerprint density at radius 3 is 2.74 bits per heavy atom. The number of halogens is 3. The average Bonchev–Trinajstić information content (AvgIpc) is 2.69. The number of anilines is 1. The fourth-order valence-corrected chi connectivity index (χ4v) is 2.70. The second kappa shape index (κ2) is 5.38. The third kappa shape index (κ3) is 3.39. The molecule has 0 saturated heterocycles. The molecule has 0 spiro atoms. The number of hydrogen-bond acceptors (Lipinski definition) is 3. The van der Waals surface area contributed by atoms with Gasteiger partial charge < -0.3 is 10.8 Å².